The summed E-state index contributed by atoms with van der Waals surface area (Å²) in [5, 5.41) is 4.92. The molecule has 1 aromatic heterocycles. The molecule has 20 heavy (non-hydrogen) atoms. The lowest BCUT2D eigenvalue weighted by molar-refractivity contribution is 0.476. The van der Waals surface area contributed by atoms with E-state index < -0.39 is 0 Å². The molecule has 2 aromatic rings. The van der Waals surface area contributed by atoms with E-state index in [0.29, 0.717) is 5.02 Å². The minimum atomic E-state index is -0.241. The van der Waals surface area contributed by atoms with Crippen molar-refractivity contribution < 1.29 is 0 Å². The normalized spacial score (nSPS) is 12.9. The summed E-state index contributed by atoms with van der Waals surface area (Å²) in [7, 11) is 0. The Morgan fingerprint density at radius 2 is 2.05 bits per heavy atom. The van der Waals surface area contributed by atoms with Gasteiger partial charge in [0.1, 0.15) is 0 Å². The van der Waals surface area contributed by atoms with Crippen LogP contribution in [0, 0.1) is 0 Å². The number of nitrogens with zero attached hydrogens (tertiary/aromatic N) is 2. The predicted octanol–water partition coefficient (Wildman–Crippen LogP) is 4.20. The van der Waals surface area contributed by atoms with Crippen molar-refractivity contribution in [3.05, 3.63) is 49.6 Å². The van der Waals surface area contributed by atoms with E-state index in [9.17, 15) is 0 Å². The molecule has 0 saturated heterocycles. The van der Waals surface area contributed by atoms with Crippen LogP contribution in [0.15, 0.2) is 33.3 Å². The lowest BCUT2D eigenvalue weighted by Gasteiger charge is -2.21. The average Bonchev–Trinajstić information content (AvgIpc) is 2.75. The topological polar surface area (TPSA) is 55.9 Å². The van der Waals surface area contributed by atoms with Crippen LogP contribution in [-0.4, -0.2) is 9.78 Å². The van der Waals surface area contributed by atoms with Gasteiger partial charge in [-0.1, -0.05) is 49.5 Å². The SMILES string of the molecule is CC(C)n1ncc(Cl)c1C(NN)c1ccc(Br)cc1Br. The Kier molecular flexibility index (Phi) is 5.25. The van der Waals surface area contributed by atoms with Gasteiger partial charge in [0.05, 0.1) is 23.0 Å². The van der Waals surface area contributed by atoms with Crippen LogP contribution in [0.5, 0.6) is 0 Å². The maximum absolute atomic E-state index is 6.29. The number of nitrogens with one attached hydrogen (secondary N) is 1. The van der Waals surface area contributed by atoms with E-state index in [0.717, 1.165) is 20.2 Å². The highest BCUT2D eigenvalue weighted by Crippen LogP contribution is 2.34. The molecule has 0 aliphatic heterocycles. The molecule has 1 heterocycles. The third kappa shape index (κ3) is 3.09. The lowest BCUT2D eigenvalue weighted by Crippen LogP contribution is -2.31. The molecule has 0 radical (unpaired) electrons. The fourth-order valence-electron chi connectivity index (χ4n) is 2.08. The first-order chi connectivity index (χ1) is 9.45. The average molecular weight is 423 g/mol. The molecule has 1 atom stereocenters. The number of hydrazine groups is 1. The lowest BCUT2D eigenvalue weighted by atomic mass is 10.0. The largest absolute Gasteiger partial charge is 0.271 e. The highest BCUT2D eigenvalue weighted by atomic mass is 79.9. The summed E-state index contributed by atoms with van der Waals surface area (Å²) in [5.41, 5.74) is 4.68. The minimum Gasteiger partial charge on any atom is -0.271 e. The van der Waals surface area contributed by atoms with E-state index in [1.54, 1.807) is 6.20 Å². The maximum atomic E-state index is 6.29. The van der Waals surface area contributed by atoms with Gasteiger partial charge in [-0.25, -0.2) is 5.43 Å². The van der Waals surface area contributed by atoms with Gasteiger partial charge in [0, 0.05) is 15.0 Å². The number of hydrogen-bond donors (Lipinski definition) is 2. The number of aromatic nitrogens is 2. The number of halogens is 3. The van der Waals surface area contributed by atoms with Crippen LogP contribution in [0.4, 0.5) is 0 Å². The van der Waals surface area contributed by atoms with Gasteiger partial charge in [-0.3, -0.25) is 10.5 Å². The second-order valence-corrected chi connectivity index (χ2v) is 6.86. The second kappa shape index (κ2) is 6.58. The van der Waals surface area contributed by atoms with Crippen LogP contribution in [0.3, 0.4) is 0 Å². The molecule has 0 spiro atoms. The summed E-state index contributed by atoms with van der Waals surface area (Å²) in [6, 6.07) is 5.89. The first-order valence-corrected chi connectivity index (χ1v) is 8.06. The molecular weight excluding hydrogens is 407 g/mol. The highest BCUT2D eigenvalue weighted by molar-refractivity contribution is 9.11. The Morgan fingerprint density at radius 3 is 2.60 bits per heavy atom. The van der Waals surface area contributed by atoms with Crippen molar-refractivity contribution in [2.45, 2.75) is 25.9 Å². The van der Waals surface area contributed by atoms with Gasteiger partial charge < -0.3 is 0 Å². The van der Waals surface area contributed by atoms with E-state index >= 15 is 0 Å². The van der Waals surface area contributed by atoms with Crippen LogP contribution in [-0.2, 0) is 0 Å². The Labute approximate surface area is 139 Å². The van der Waals surface area contributed by atoms with Crippen molar-refractivity contribution in [2.24, 2.45) is 5.84 Å². The third-order valence-electron chi connectivity index (χ3n) is 2.99. The van der Waals surface area contributed by atoms with Crippen LogP contribution >= 0.6 is 43.5 Å². The standard InChI is InChI=1S/C13H15Br2ClN4/c1-7(2)20-13(11(16)6-18-20)12(19-17)9-4-3-8(14)5-10(9)15/h3-7,12,19H,17H2,1-2H3. The van der Waals surface area contributed by atoms with Crippen LogP contribution in [0.2, 0.25) is 5.02 Å². The second-order valence-electron chi connectivity index (χ2n) is 4.68. The van der Waals surface area contributed by atoms with Crippen LogP contribution < -0.4 is 11.3 Å². The fourth-order valence-corrected chi connectivity index (χ4v) is 3.60. The van der Waals surface area contributed by atoms with Crippen LogP contribution in [0.1, 0.15) is 37.2 Å². The van der Waals surface area contributed by atoms with Gasteiger partial charge in [0.15, 0.2) is 0 Å². The van der Waals surface area contributed by atoms with E-state index in [-0.39, 0.29) is 12.1 Å². The molecule has 0 aliphatic carbocycles. The van der Waals surface area contributed by atoms with Crippen LogP contribution in [0.25, 0.3) is 0 Å². The van der Waals surface area contributed by atoms with Gasteiger partial charge >= 0.3 is 0 Å². The number of rotatable bonds is 4. The minimum absolute atomic E-state index is 0.197. The van der Waals surface area contributed by atoms with Crippen molar-refractivity contribution in [3.8, 4) is 0 Å². The molecule has 1 aromatic carbocycles. The quantitative estimate of drug-likeness (QED) is 0.574. The Morgan fingerprint density at radius 1 is 1.35 bits per heavy atom. The van der Waals surface area contributed by atoms with E-state index in [1.165, 1.54) is 0 Å². The molecule has 7 heteroatoms. The maximum Gasteiger partial charge on any atom is 0.0904 e. The Bertz CT molecular complexity index is 612. The molecule has 3 N–H and O–H groups in total. The van der Waals surface area contributed by atoms with E-state index in [1.807, 2.05) is 22.9 Å². The molecular formula is C13H15Br2ClN4. The molecule has 108 valence electrons. The molecule has 0 bridgehead atoms. The summed E-state index contributed by atoms with van der Waals surface area (Å²) >= 11 is 13.3. The number of nitrogens with two attached hydrogens (primary N) is 1. The Balaban J connectivity index is 2.55. The van der Waals surface area contributed by atoms with Gasteiger partial charge in [-0.05, 0) is 31.5 Å². The van der Waals surface area contributed by atoms with Gasteiger partial charge in [0.2, 0.25) is 0 Å². The summed E-state index contributed by atoms with van der Waals surface area (Å²) in [4.78, 5) is 0. The first-order valence-electron chi connectivity index (χ1n) is 6.09. The molecule has 0 aliphatic rings. The zero-order valence-electron chi connectivity index (χ0n) is 11.1. The first kappa shape index (κ1) is 16.0. The van der Waals surface area contributed by atoms with Gasteiger partial charge in [0.25, 0.3) is 0 Å². The van der Waals surface area contributed by atoms with Crippen molar-refractivity contribution in [1.82, 2.24) is 15.2 Å². The smallest absolute Gasteiger partial charge is 0.0904 e. The van der Waals surface area contributed by atoms with Crippen molar-refractivity contribution in [1.29, 1.82) is 0 Å². The molecule has 0 fully saturated rings. The fraction of sp³-hybridized carbons (Fsp3) is 0.308. The van der Waals surface area contributed by atoms with Crippen molar-refractivity contribution >= 4 is 43.5 Å². The third-order valence-corrected chi connectivity index (χ3v) is 4.46. The van der Waals surface area contributed by atoms with E-state index in [4.69, 9.17) is 17.4 Å². The monoisotopic (exact) mass is 420 g/mol. The zero-order valence-corrected chi connectivity index (χ0v) is 15.0. The van der Waals surface area contributed by atoms with Crippen molar-refractivity contribution in [3.63, 3.8) is 0 Å². The van der Waals surface area contributed by atoms with Crippen molar-refractivity contribution in [2.75, 3.05) is 0 Å². The molecule has 4 nitrogen and oxygen atoms in total. The summed E-state index contributed by atoms with van der Waals surface area (Å²) < 4.78 is 3.82. The number of hydrogen-bond acceptors (Lipinski definition) is 3. The number of benzene rings is 1. The summed E-state index contributed by atoms with van der Waals surface area (Å²) in [6.45, 7) is 4.11. The highest BCUT2D eigenvalue weighted by Gasteiger charge is 2.24. The Hall–Kier alpha value is -0.400. The van der Waals surface area contributed by atoms with E-state index in [2.05, 4.69) is 56.2 Å². The molecule has 1 unspecified atom stereocenters. The molecule has 0 amide bonds. The predicted molar refractivity (Wildman–Crippen MR) is 88.6 cm³/mol. The molecule has 0 saturated carbocycles. The molecule has 2 rings (SSSR count). The van der Waals surface area contributed by atoms with Gasteiger partial charge in [-0.15, -0.1) is 0 Å². The summed E-state index contributed by atoms with van der Waals surface area (Å²) in [5.74, 6) is 5.76. The summed E-state index contributed by atoms with van der Waals surface area (Å²) in [6.07, 6.45) is 1.65. The zero-order chi connectivity index (χ0) is 14.9. The van der Waals surface area contributed by atoms with Gasteiger partial charge in [-0.2, -0.15) is 5.10 Å².